The van der Waals surface area contributed by atoms with Crippen LogP contribution in [0.25, 0.3) is 0 Å². The van der Waals surface area contributed by atoms with Crippen molar-refractivity contribution in [1.29, 1.82) is 0 Å². The van der Waals surface area contributed by atoms with E-state index < -0.39 is 17.6 Å². The van der Waals surface area contributed by atoms with E-state index in [1.54, 1.807) is 20.8 Å². The number of nitrogens with two attached hydrogens (primary N) is 1. The molecule has 0 radical (unpaired) electrons. The van der Waals surface area contributed by atoms with Gasteiger partial charge in [0.1, 0.15) is 11.6 Å². The van der Waals surface area contributed by atoms with Crippen molar-refractivity contribution in [3.05, 3.63) is 0 Å². The number of carbonyl (C=O) groups is 2. The molecular weight excluding hydrogens is 220 g/mol. The monoisotopic (exact) mass is 244 g/mol. The number of hydrogen-bond acceptors (Lipinski definition) is 4. The van der Waals surface area contributed by atoms with Crippen LogP contribution in [0.15, 0.2) is 0 Å². The molecule has 0 aliphatic heterocycles. The second-order valence-electron chi connectivity index (χ2n) is 5.03. The van der Waals surface area contributed by atoms with E-state index in [4.69, 9.17) is 10.5 Å². The van der Waals surface area contributed by atoms with Crippen LogP contribution in [0.2, 0.25) is 0 Å². The van der Waals surface area contributed by atoms with Crippen LogP contribution in [-0.2, 0) is 14.3 Å². The predicted molar refractivity (Wildman–Crippen MR) is 66.4 cm³/mol. The standard InChI is InChI=1S/C12H24N2O3/c1-5-8-14-10(15)7-6-9(13)11(16)17-12(2,3)4/h9H,5-8,13H2,1-4H3,(H,14,15)/t9-/m0/s1. The highest BCUT2D eigenvalue weighted by Gasteiger charge is 2.22. The van der Waals surface area contributed by atoms with Gasteiger partial charge in [-0.2, -0.15) is 0 Å². The molecule has 3 N–H and O–H groups in total. The van der Waals surface area contributed by atoms with Crippen molar-refractivity contribution in [3.63, 3.8) is 0 Å². The van der Waals surface area contributed by atoms with E-state index in [0.717, 1.165) is 6.42 Å². The Morgan fingerprint density at radius 3 is 2.41 bits per heavy atom. The fourth-order valence-corrected chi connectivity index (χ4v) is 1.13. The lowest BCUT2D eigenvalue weighted by Gasteiger charge is -2.22. The lowest BCUT2D eigenvalue weighted by Crippen LogP contribution is -2.38. The van der Waals surface area contributed by atoms with Crippen LogP contribution >= 0.6 is 0 Å². The average molecular weight is 244 g/mol. The number of rotatable bonds is 6. The zero-order valence-corrected chi connectivity index (χ0v) is 11.2. The van der Waals surface area contributed by atoms with Crippen LogP contribution in [-0.4, -0.2) is 30.1 Å². The smallest absolute Gasteiger partial charge is 0.323 e. The third kappa shape index (κ3) is 8.68. The van der Waals surface area contributed by atoms with Gasteiger partial charge in [0.05, 0.1) is 0 Å². The van der Waals surface area contributed by atoms with E-state index in [9.17, 15) is 9.59 Å². The molecular formula is C12H24N2O3. The molecule has 0 rings (SSSR count). The van der Waals surface area contributed by atoms with Gasteiger partial charge in [-0.05, 0) is 33.6 Å². The molecule has 0 saturated carbocycles. The summed E-state index contributed by atoms with van der Waals surface area (Å²) in [6.07, 6.45) is 1.45. The van der Waals surface area contributed by atoms with Crippen molar-refractivity contribution in [2.24, 2.45) is 5.73 Å². The summed E-state index contributed by atoms with van der Waals surface area (Å²) in [4.78, 5) is 22.8. The maximum Gasteiger partial charge on any atom is 0.323 e. The molecule has 17 heavy (non-hydrogen) atoms. The van der Waals surface area contributed by atoms with Gasteiger partial charge >= 0.3 is 5.97 Å². The first-order valence-corrected chi connectivity index (χ1v) is 6.01. The van der Waals surface area contributed by atoms with Gasteiger partial charge < -0.3 is 15.8 Å². The Morgan fingerprint density at radius 1 is 1.35 bits per heavy atom. The lowest BCUT2D eigenvalue weighted by atomic mass is 10.1. The highest BCUT2D eigenvalue weighted by atomic mass is 16.6. The lowest BCUT2D eigenvalue weighted by molar-refractivity contribution is -0.156. The quantitative estimate of drug-likeness (QED) is 0.682. The fraction of sp³-hybridized carbons (Fsp3) is 0.833. The summed E-state index contributed by atoms with van der Waals surface area (Å²) in [6, 6.07) is -0.735. The topological polar surface area (TPSA) is 81.4 Å². The number of amides is 1. The summed E-state index contributed by atoms with van der Waals surface area (Å²) >= 11 is 0. The van der Waals surface area contributed by atoms with Crippen molar-refractivity contribution in [1.82, 2.24) is 5.32 Å². The molecule has 0 aromatic carbocycles. The summed E-state index contributed by atoms with van der Waals surface area (Å²) in [5.41, 5.74) is 5.10. The Bertz CT molecular complexity index is 259. The van der Waals surface area contributed by atoms with Gasteiger partial charge in [0.25, 0.3) is 0 Å². The van der Waals surface area contributed by atoms with E-state index in [1.165, 1.54) is 0 Å². The highest BCUT2D eigenvalue weighted by molar-refractivity contribution is 5.79. The van der Waals surface area contributed by atoms with Crippen LogP contribution in [0, 0.1) is 0 Å². The van der Waals surface area contributed by atoms with Crippen molar-refractivity contribution < 1.29 is 14.3 Å². The van der Waals surface area contributed by atoms with Gasteiger partial charge in [-0.15, -0.1) is 0 Å². The van der Waals surface area contributed by atoms with E-state index in [-0.39, 0.29) is 12.3 Å². The third-order valence-electron chi connectivity index (χ3n) is 1.96. The minimum absolute atomic E-state index is 0.0779. The van der Waals surface area contributed by atoms with E-state index in [0.29, 0.717) is 13.0 Å². The predicted octanol–water partition coefficient (Wildman–Crippen LogP) is 0.962. The minimum Gasteiger partial charge on any atom is -0.459 e. The SMILES string of the molecule is CCCNC(=O)CC[C@H](N)C(=O)OC(C)(C)C. The highest BCUT2D eigenvalue weighted by Crippen LogP contribution is 2.09. The zero-order chi connectivity index (χ0) is 13.5. The summed E-state index contributed by atoms with van der Waals surface area (Å²) in [5.74, 6) is -0.536. The fourth-order valence-electron chi connectivity index (χ4n) is 1.13. The average Bonchev–Trinajstić information content (AvgIpc) is 2.20. The zero-order valence-electron chi connectivity index (χ0n) is 11.2. The maximum atomic E-state index is 11.5. The number of esters is 1. The van der Waals surface area contributed by atoms with Crippen molar-refractivity contribution in [2.45, 2.75) is 58.6 Å². The van der Waals surface area contributed by atoms with Crippen molar-refractivity contribution in [3.8, 4) is 0 Å². The molecule has 0 bridgehead atoms. The normalized spacial score (nSPS) is 13.0. The number of ether oxygens (including phenoxy) is 1. The molecule has 0 heterocycles. The molecule has 0 aliphatic rings. The minimum atomic E-state index is -0.735. The third-order valence-corrected chi connectivity index (χ3v) is 1.96. The molecule has 1 atom stereocenters. The second-order valence-corrected chi connectivity index (χ2v) is 5.03. The Kier molecular flexibility index (Phi) is 6.80. The van der Waals surface area contributed by atoms with Crippen LogP contribution in [0.3, 0.4) is 0 Å². The summed E-state index contributed by atoms with van der Waals surface area (Å²) in [5, 5.41) is 2.73. The number of carbonyl (C=O) groups excluding carboxylic acids is 2. The van der Waals surface area contributed by atoms with Crippen molar-refractivity contribution in [2.75, 3.05) is 6.54 Å². The van der Waals surface area contributed by atoms with Crippen molar-refractivity contribution >= 4 is 11.9 Å². The summed E-state index contributed by atoms with van der Waals surface area (Å²) < 4.78 is 5.12. The maximum absolute atomic E-state index is 11.5. The van der Waals surface area contributed by atoms with E-state index in [1.807, 2.05) is 6.92 Å². The molecule has 0 aromatic rings. The molecule has 0 unspecified atom stereocenters. The Morgan fingerprint density at radius 2 is 1.94 bits per heavy atom. The molecule has 0 fully saturated rings. The molecule has 0 aliphatic carbocycles. The van der Waals surface area contributed by atoms with Gasteiger partial charge in [0, 0.05) is 13.0 Å². The van der Waals surface area contributed by atoms with Gasteiger partial charge in [-0.25, -0.2) is 0 Å². The molecule has 100 valence electrons. The molecule has 5 heteroatoms. The summed E-state index contributed by atoms with van der Waals surface area (Å²) in [7, 11) is 0. The Hall–Kier alpha value is -1.10. The van der Waals surface area contributed by atoms with Gasteiger partial charge in [0.15, 0.2) is 0 Å². The Labute approximate surface area is 103 Å². The molecule has 0 aromatic heterocycles. The van der Waals surface area contributed by atoms with Crippen LogP contribution in [0.4, 0.5) is 0 Å². The van der Waals surface area contributed by atoms with Crippen LogP contribution in [0.5, 0.6) is 0 Å². The van der Waals surface area contributed by atoms with Crippen LogP contribution in [0.1, 0.15) is 47.0 Å². The van der Waals surface area contributed by atoms with E-state index in [2.05, 4.69) is 5.32 Å². The van der Waals surface area contributed by atoms with Gasteiger partial charge in [-0.1, -0.05) is 6.92 Å². The number of nitrogens with one attached hydrogen (secondary N) is 1. The first kappa shape index (κ1) is 15.9. The number of hydrogen-bond donors (Lipinski definition) is 2. The second kappa shape index (κ2) is 7.27. The van der Waals surface area contributed by atoms with Gasteiger partial charge in [-0.3, -0.25) is 9.59 Å². The van der Waals surface area contributed by atoms with Gasteiger partial charge in [0.2, 0.25) is 5.91 Å². The Balaban J connectivity index is 3.89. The molecule has 0 spiro atoms. The molecule has 0 saturated heterocycles. The van der Waals surface area contributed by atoms with Crippen LogP contribution < -0.4 is 11.1 Å². The first-order chi connectivity index (χ1) is 7.76. The summed E-state index contributed by atoms with van der Waals surface area (Å²) in [6.45, 7) is 7.98. The largest absolute Gasteiger partial charge is 0.459 e. The molecule has 5 nitrogen and oxygen atoms in total. The first-order valence-electron chi connectivity index (χ1n) is 6.01. The van der Waals surface area contributed by atoms with E-state index >= 15 is 0 Å². The molecule has 1 amide bonds.